The van der Waals surface area contributed by atoms with Crippen LogP contribution in [0, 0.1) is 5.92 Å². The number of phenolic OH excluding ortho intramolecular Hbond substituents is 4. The van der Waals surface area contributed by atoms with Crippen LogP contribution in [0.5, 0.6) is 51.7 Å². The Morgan fingerprint density at radius 1 is 0.649 bits per heavy atom. The van der Waals surface area contributed by atoms with E-state index < -0.39 is 276 Å². The van der Waals surface area contributed by atoms with Gasteiger partial charge in [0.15, 0.2) is 35.4 Å². The van der Waals surface area contributed by atoms with Crippen molar-refractivity contribution in [1.82, 2.24) is 46.9 Å². The number of halogens is 3. The van der Waals surface area contributed by atoms with Crippen LogP contribution in [0.2, 0.25) is 15.3 Å². The molecule has 8 aliphatic heterocycles. The lowest BCUT2D eigenvalue weighted by Gasteiger charge is -2.47. The number of carboxylic acid groups (broad SMARTS) is 2. The Morgan fingerprint density at radius 2 is 1.31 bits per heavy atom. The smallest absolute Gasteiger partial charge is 0.336 e. The summed E-state index contributed by atoms with van der Waals surface area (Å²) in [6.07, 6.45) is -19.9. The first-order valence-electron chi connectivity index (χ1n) is 41.3. The van der Waals surface area contributed by atoms with E-state index in [1.807, 2.05) is 0 Å². The van der Waals surface area contributed by atoms with Crippen LogP contribution in [0.3, 0.4) is 0 Å². The second kappa shape index (κ2) is 38.0. The number of amides is 7. The number of fused-ring (bicyclic) bond motifs is 17. The Kier molecular flexibility index (Phi) is 26.9. The summed E-state index contributed by atoms with van der Waals surface area (Å²) in [7, 11) is 1.35. The van der Waals surface area contributed by atoms with E-state index in [0.717, 1.165) is 78.9 Å². The highest BCUT2D eigenvalue weighted by Gasteiger charge is 2.52. The zero-order valence-electron chi connectivity index (χ0n) is 70.8. The number of likely N-dealkylation sites (N-methyl/N-ethyl adjacent to an activating group) is 1. The molecule has 7 aromatic carbocycles. The van der Waals surface area contributed by atoms with Crippen molar-refractivity contribution < 1.29 is 137 Å². The molecular formula is C89H86Cl3N13O29. The Balaban J connectivity index is 0.854. The fourth-order valence-electron chi connectivity index (χ4n) is 16.5. The number of nitrogens with zero attached hydrogens (tertiary/aromatic N) is 4. The standard InChI is InChI=1S/C89H86Cl3N13O29/c1-32(2)18-51(105(5)88-103-86(92)102-87(104-88)95-38-9-12-42(45(24-38)83(124)125)63-43-13-10-39(107)27-56(43)131-57-28-40(108)11-14-44(57)63)78(119)100-68-70(113)35-7-16-54(48(90)20-35)129-58-22-37-23-59(74(58)134-85-75(73(116)72(115)60(31-106)132-85)133-62-30-89(4,94)76(117)33(3)128-62)130-55-17-8-36(21-49(55)91)71(114)69-82(123)99-67(84(126)127)47-25-41(109)26-53(111)64(47)46-19-34(6-15-52(46)110)65(79(120)101-69)98-80(121)66(37)97-77(118)50(29-61(93)112)96-81(68)122/h6-17,19-28,32-33,50-51,60,62,65-73,75-76,85,106-107,109-111,113-117H,18,29-31,94H2,1-5H3,(H2,93,112)(H,96,122)(H,97,118)(H,98,121)(H,99,123)(H,100,119)(H,101,120)(H,124,125)(H,126,127)(H,95,102,103,104)/t33?,50-,51+,60?,62?,65+,66+,67-,68+,69-,70+,71+,72?,73?,75?,76?,85?,89-/m0/s1. The number of phenols is 4. The summed E-state index contributed by atoms with van der Waals surface area (Å²) >= 11 is 21.0. The number of hydrogen-bond acceptors (Lipinski definition) is 33. The van der Waals surface area contributed by atoms with Crippen LogP contribution >= 0.6 is 34.8 Å². The predicted octanol–water partition coefficient (Wildman–Crippen LogP) is 4.89. The first-order valence-corrected chi connectivity index (χ1v) is 42.4. The van der Waals surface area contributed by atoms with E-state index in [0.29, 0.717) is 16.5 Å². The van der Waals surface area contributed by atoms with Gasteiger partial charge in [-0.05, 0) is 157 Å². The molecule has 2 saturated heterocycles. The average Bonchev–Trinajstić information content (AvgIpc) is 0.746. The van der Waals surface area contributed by atoms with Crippen LogP contribution in [-0.2, 0) is 52.6 Å². The molecule has 11 bridgehead atoms. The monoisotopic (exact) mass is 1910 g/mol. The van der Waals surface area contributed by atoms with E-state index in [-0.39, 0.29) is 69.8 Å². The third kappa shape index (κ3) is 19.4. The molecule has 0 radical (unpaired) electrons. The summed E-state index contributed by atoms with van der Waals surface area (Å²) in [5.74, 6) is -19.8. The molecule has 8 unspecified atom stereocenters. The minimum atomic E-state index is -2.46. The van der Waals surface area contributed by atoms with Crippen molar-refractivity contribution >= 4 is 117 Å². The van der Waals surface area contributed by atoms with Gasteiger partial charge in [0, 0.05) is 76.1 Å². The summed E-state index contributed by atoms with van der Waals surface area (Å²) < 4.78 is 44.7. The molecule has 8 aromatic rings. The molecule has 134 heavy (non-hydrogen) atoms. The van der Waals surface area contributed by atoms with Crippen LogP contribution in [-0.4, -0.2) is 222 Å². The number of aromatic nitrogens is 3. The van der Waals surface area contributed by atoms with E-state index in [1.165, 1.54) is 80.4 Å². The van der Waals surface area contributed by atoms with Gasteiger partial charge in [-0.25, -0.2) is 9.59 Å². The topological polar surface area (TPSA) is 660 Å². The first kappa shape index (κ1) is 94.8. The van der Waals surface area contributed by atoms with Gasteiger partial charge in [-0.3, -0.25) is 38.4 Å². The Hall–Kier alpha value is -13.9. The molecule has 702 valence electrons. The van der Waals surface area contributed by atoms with Crippen LogP contribution in [0.4, 0.5) is 17.6 Å². The number of benzene rings is 8. The molecule has 1 aliphatic carbocycles. The fourth-order valence-corrected chi connectivity index (χ4v) is 17.1. The number of nitrogens with one attached hydrogen (secondary N) is 7. The number of carboxylic acids is 2. The minimum Gasteiger partial charge on any atom is -0.508 e. The van der Waals surface area contributed by atoms with Gasteiger partial charge in [-0.15, -0.1) is 0 Å². The molecule has 0 saturated carbocycles. The van der Waals surface area contributed by atoms with Gasteiger partial charge in [0.1, 0.15) is 113 Å². The average molecular weight is 1910 g/mol. The number of primary amides is 1. The number of aromatic carboxylic acids is 1. The van der Waals surface area contributed by atoms with Crippen molar-refractivity contribution in [3.05, 3.63) is 192 Å². The second-order valence-corrected chi connectivity index (χ2v) is 34.4. The summed E-state index contributed by atoms with van der Waals surface area (Å²) in [5, 5.41) is 154. The number of aliphatic hydroxyl groups excluding tert-OH is 6. The van der Waals surface area contributed by atoms with Crippen LogP contribution < -0.4 is 73.2 Å². The van der Waals surface area contributed by atoms with E-state index >= 15 is 28.8 Å². The lowest BCUT2D eigenvalue weighted by Crippen LogP contribution is -2.64. The number of nitrogens with two attached hydrogens (primary N) is 2. The predicted molar refractivity (Wildman–Crippen MR) is 470 cm³/mol. The van der Waals surface area contributed by atoms with Crippen LogP contribution in [0.15, 0.2) is 143 Å². The number of aliphatic carboxylic acids is 1. The summed E-state index contributed by atoms with van der Waals surface area (Å²) in [4.78, 5) is 161. The zero-order chi connectivity index (χ0) is 96.4. The molecule has 1 aromatic heterocycles. The third-order valence-corrected chi connectivity index (χ3v) is 24.0. The maximum absolute atomic E-state index is 16.4. The molecule has 45 heteroatoms. The highest BCUT2D eigenvalue weighted by atomic mass is 35.5. The van der Waals surface area contributed by atoms with E-state index in [2.05, 4.69) is 52.2 Å². The molecular weight excluding hydrogens is 1820 g/mol. The van der Waals surface area contributed by atoms with Crippen LogP contribution in [0.25, 0.3) is 44.5 Å². The van der Waals surface area contributed by atoms with Gasteiger partial charge in [-0.2, -0.15) is 15.0 Å². The highest BCUT2D eigenvalue weighted by molar-refractivity contribution is 6.32. The lowest BCUT2D eigenvalue weighted by atomic mass is 9.86. The van der Waals surface area contributed by atoms with Gasteiger partial charge < -0.3 is 148 Å². The van der Waals surface area contributed by atoms with Crippen molar-refractivity contribution in [2.75, 3.05) is 23.9 Å². The summed E-state index contributed by atoms with van der Waals surface area (Å²) in [6, 6.07) is 9.88. The van der Waals surface area contributed by atoms with Crippen LogP contribution in [0.1, 0.15) is 115 Å². The van der Waals surface area contributed by atoms with Gasteiger partial charge in [0.2, 0.25) is 70.6 Å². The van der Waals surface area contributed by atoms with E-state index in [1.54, 1.807) is 13.8 Å². The van der Waals surface area contributed by atoms with Crippen molar-refractivity contribution in [2.45, 2.75) is 156 Å². The molecule has 17 rings (SSSR count). The molecule has 2 fully saturated rings. The molecule has 23 N–H and O–H groups in total. The van der Waals surface area contributed by atoms with Crippen molar-refractivity contribution in [1.29, 1.82) is 0 Å². The highest BCUT2D eigenvalue weighted by Crippen LogP contribution is 2.51. The zero-order valence-corrected chi connectivity index (χ0v) is 73.1. The first-order chi connectivity index (χ1) is 63.5. The summed E-state index contributed by atoms with van der Waals surface area (Å²) in [6.45, 7) is 5.36. The van der Waals surface area contributed by atoms with Crippen molar-refractivity contribution in [3.63, 3.8) is 0 Å². The lowest BCUT2D eigenvalue weighted by molar-refractivity contribution is -0.333. The number of hydrogen-bond donors (Lipinski definition) is 21. The molecule has 18 atom stereocenters. The number of aromatic hydroxyl groups is 4. The molecule has 9 heterocycles. The Morgan fingerprint density at radius 3 is 1.96 bits per heavy atom. The maximum Gasteiger partial charge on any atom is 0.336 e. The maximum atomic E-state index is 16.4. The number of rotatable bonds is 18. The molecule has 0 spiro atoms. The number of carbonyl (C=O) groups is 9. The number of anilines is 3. The van der Waals surface area contributed by atoms with Crippen molar-refractivity contribution in [3.8, 4) is 85.3 Å². The van der Waals surface area contributed by atoms with E-state index in [4.69, 9.17) is 79.1 Å². The Labute approximate surface area is 772 Å². The number of ether oxygens (including phenoxy) is 6. The quantitative estimate of drug-likeness (QED) is 0.0509. The molecule has 42 nitrogen and oxygen atoms in total. The van der Waals surface area contributed by atoms with Gasteiger partial charge in [-0.1, -0.05) is 61.3 Å². The minimum absolute atomic E-state index is 0.0656. The number of aliphatic hydroxyl groups is 6. The molecule has 7 amide bonds. The second-order valence-electron chi connectivity index (χ2n) is 33.2. The summed E-state index contributed by atoms with van der Waals surface area (Å²) in [5.41, 5.74) is 8.04. The van der Waals surface area contributed by atoms with Gasteiger partial charge in [0.05, 0.1) is 40.8 Å². The fraction of sp³-hybridized carbons (Fsp3) is 0.315. The van der Waals surface area contributed by atoms with Crippen molar-refractivity contribution in [2.24, 2.45) is 17.4 Å². The Bertz CT molecular complexity index is 6430. The molecule has 9 aliphatic rings. The van der Waals surface area contributed by atoms with Gasteiger partial charge in [0.25, 0.3) is 0 Å². The van der Waals surface area contributed by atoms with Gasteiger partial charge >= 0.3 is 11.9 Å². The van der Waals surface area contributed by atoms with E-state index in [9.17, 15) is 80.5 Å². The normalized spacial score (nSPS) is 25.0. The SMILES string of the molecule is CC(C)C[C@H](C(=O)N[C@H]1C(=O)N[C@@H](CC(N)=O)C(=O)N[C@H]2C(=O)N[C@H]3C(=O)N[C@H](C(=O)N[C@H](C(=O)O)c4cc(O)cc(O)c4-c4cc3ccc4O)[C@H](O)c3ccc(c(Cl)c3)Oc3cc2cc(c3OC2OC(CO)C(O)C(O)C2OC2C[C@](C)(N)C(O)C(C)O2)Oc2ccc(cc2Cl)[C@H]1O)N(C)c1nc(Cl)nc(Nc2ccc(-c3c4ccc(=O)cc-4oc4cc(O)ccc34)c(C(=O)O)c2)n1. The number of carbonyl (C=O) groups excluding carboxylic acids is 7. The third-order valence-electron chi connectivity index (χ3n) is 23.2. The largest absolute Gasteiger partial charge is 0.508 e.